The Balaban J connectivity index is 2.32. The van der Waals surface area contributed by atoms with Crippen LogP contribution in [-0.4, -0.2) is 24.2 Å². The van der Waals surface area contributed by atoms with E-state index in [0.717, 1.165) is 35.7 Å². The van der Waals surface area contributed by atoms with Gasteiger partial charge < -0.3 is 10.4 Å². The maximum Gasteiger partial charge on any atom is 0.252 e. The van der Waals surface area contributed by atoms with Crippen LogP contribution in [0.15, 0.2) is 22.7 Å². The van der Waals surface area contributed by atoms with Crippen LogP contribution in [0.5, 0.6) is 0 Å². The second-order valence-corrected chi connectivity index (χ2v) is 5.23. The van der Waals surface area contributed by atoms with Gasteiger partial charge in [0.15, 0.2) is 0 Å². The van der Waals surface area contributed by atoms with Crippen LogP contribution in [0.25, 0.3) is 0 Å². The summed E-state index contributed by atoms with van der Waals surface area (Å²) in [4.78, 5) is 11.9. The Hall–Kier alpha value is -0.870. The molecule has 0 aliphatic carbocycles. The molecule has 0 atom stereocenters. The Morgan fingerprint density at radius 1 is 1.28 bits per heavy atom. The summed E-state index contributed by atoms with van der Waals surface area (Å²) < 4.78 is 0.834. The molecule has 18 heavy (non-hydrogen) atoms. The van der Waals surface area contributed by atoms with Crippen LogP contribution in [0.2, 0.25) is 0 Å². The first-order valence-corrected chi connectivity index (χ1v) is 7.09. The number of nitrogens with one attached hydrogen (secondary N) is 1. The first-order valence-electron chi connectivity index (χ1n) is 6.30. The number of carbonyl (C=O) groups excluding carboxylic acids is 1. The van der Waals surface area contributed by atoms with Gasteiger partial charge in [-0.05, 0) is 53.4 Å². The van der Waals surface area contributed by atoms with Crippen molar-refractivity contribution in [1.82, 2.24) is 5.32 Å². The number of halogens is 1. The van der Waals surface area contributed by atoms with E-state index in [-0.39, 0.29) is 12.5 Å². The molecule has 0 aliphatic rings. The van der Waals surface area contributed by atoms with Crippen molar-refractivity contribution < 1.29 is 9.90 Å². The minimum Gasteiger partial charge on any atom is -0.396 e. The Bertz CT molecular complexity index is 393. The lowest BCUT2D eigenvalue weighted by Crippen LogP contribution is -2.24. The van der Waals surface area contributed by atoms with E-state index >= 15 is 0 Å². The van der Waals surface area contributed by atoms with E-state index in [0.29, 0.717) is 12.1 Å². The lowest BCUT2D eigenvalue weighted by atomic mass is 10.1. The second kappa shape index (κ2) is 8.27. The van der Waals surface area contributed by atoms with Gasteiger partial charge in [-0.3, -0.25) is 4.79 Å². The van der Waals surface area contributed by atoms with Crippen LogP contribution in [0, 0.1) is 6.92 Å². The Morgan fingerprint density at radius 3 is 2.67 bits per heavy atom. The number of hydrogen-bond acceptors (Lipinski definition) is 2. The Morgan fingerprint density at radius 2 is 2.00 bits per heavy atom. The third-order valence-electron chi connectivity index (χ3n) is 2.74. The van der Waals surface area contributed by atoms with Gasteiger partial charge in [0, 0.05) is 17.6 Å². The van der Waals surface area contributed by atoms with Crippen molar-refractivity contribution in [3.63, 3.8) is 0 Å². The number of aryl methyl sites for hydroxylation is 1. The molecule has 1 aromatic rings. The van der Waals surface area contributed by atoms with Crippen molar-refractivity contribution >= 4 is 21.8 Å². The smallest absolute Gasteiger partial charge is 0.252 e. The maximum atomic E-state index is 11.9. The monoisotopic (exact) mass is 313 g/mol. The number of unbranched alkanes of at least 4 members (excludes halogenated alkanes) is 3. The number of rotatable bonds is 7. The normalized spacial score (nSPS) is 10.4. The SMILES string of the molecule is Cc1ccc(C(=O)NCCCCCCO)c(Br)c1. The van der Waals surface area contributed by atoms with Gasteiger partial charge in [-0.2, -0.15) is 0 Å². The van der Waals surface area contributed by atoms with E-state index in [2.05, 4.69) is 21.2 Å². The minimum absolute atomic E-state index is 0.0379. The number of carbonyl (C=O) groups is 1. The van der Waals surface area contributed by atoms with Crippen LogP contribution in [0.1, 0.15) is 41.6 Å². The summed E-state index contributed by atoms with van der Waals surface area (Å²) in [5, 5.41) is 11.5. The molecule has 0 aliphatic heterocycles. The summed E-state index contributed by atoms with van der Waals surface area (Å²) in [6, 6.07) is 5.71. The number of hydrogen-bond donors (Lipinski definition) is 2. The van der Waals surface area contributed by atoms with Crippen LogP contribution >= 0.6 is 15.9 Å². The Labute approximate surface area is 117 Å². The predicted octanol–water partition coefficient (Wildman–Crippen LogP) is 3.04. The lowest BCUT2D eigenvalue weighted by Gasteiger charge is -2.07. The van der Waals surface area contributed by atoms with Crippen molar-refractivity contribution in [2.24, 2.45) is 0 Å². The minimum atomic E-state index is -0.0379. The van der Waals surface area contributed by atoms with Crippen molar-refractivity contribution in [3.05, 3.63) is 33.8 Å². The largest absolute Gasteiger partial charge is 0.396 e. The van der Waals surface area contributed by atoms with E-state index in [4.69, 9.17) is 5.11 Å². The zero-order valence-electron chi connectivity index (χ0n) is 10.7. The molecule has 0 saturated carbocycles. The molecule has 2 N–H and O–H groups in total. The standard InChI is InChI=1S/C14H20BrNO2/c1-11-6-7-12(13(15)10-11)14(18)16-8-4-2-3-5-9-17/h6-7,10,17H,2-5,8-9H2,1H3,(H,16,18). The molecule has 0 radical (unpaired) electrons. The first kappa shape index (κ1) is 15.2. The van der Waals surface area contributed by atoms with E-state index < -0.39 is 0 Å². The van der Waals surface area contributed by atoms with Gasteiger partial charge in [0.2, 0.25) is 0 Å². The highest BCUT2D eigenvalue weighted by atomic mass is 79.9. The van der Waals surface area contributed by atoms with Crippen LogP contribution in [0.3, 0.4) is 0 Å². The molecule has 0 heterocycles. The molecule has 1 aromatic carbocycles. The molecule has 1 amide bonds. The molecular weight excluding hydrogens is 294 g/mol. The zero-order valence-corrected chi connectivity index (χ0v) is 12.3. The van der Waals surface area contributed by atoms with Gasteiger partial charge in [0.05, 0.1) is 5.56 Å². The predicted molar refractivity (Wildman–Crippen MR) is 76.8 cm³/mol. The average molecular weight is 314 g/mol. The number of benzene rings is 1. The van der Waals surface area contributed by atoms with Gasteiger partial charge in [0.25, 0.3) is 5.91 Å². The number of aliphatic hydroxyl groups is 1. The van der Waals surface area contributed by atoms with E-state index in [1.54, 1.807) is 0 Å². The quantitative estimate of drug-likeness (QED) is 0.760. The molecular formula is C14H20BrNO2. The van der Waals surface area contributed by atoms with Gasteiger partial charge in [-0.15, -0.1) is 0 Å². The van der Waals surface area contributed by atoms with Gasteiger partial charge in [-0.1, -0.05) is 18.9 Å². The highest BCUT2D eigenvalue weighted by molar-refractivity contribution is 9.10. The van der Waals surface area contributed by atoms with Crippen LogP contribution in [-0.2, 0) is 0 Å². The molecule has 3 nitrogen and oxygen atoms in total. The third kappa shape index (κ3) is 5.19. The van der Waals surface area contributed by atoms with E-state index in [1.165, 1.54) is 0 Å². The van der Waals surface area contributed by atoms with Crippen LogP contribution in [0.4, 0.5) is 0 Å². The fourth-order valence-electron chi connectivity index (χ4n) is 1.69. The zero-order chi connectivity index (χ0) is 13.4. The van der Waals surface area contributed by atoms with E-state index in [1.807, 2.05) is 25.1 Å². The molecule has 4 heteroatoms. The fraction of sp³-hybridized carbons (Fsp3) is 0.500. The average Bonchev–Trinajstić information content (AvgIpc) is 2.33. The molecule has 0 unspecified atom stereocenters. The molecule has 0 bridgehead atoms. The topological polar surface area (TPSA) is 49.3 Å². The lowest BCUT2D eigenvalue weighted by molar-refractivity contribution is 0.0952. The van der Waals surface area contributed by atoms with Crippen molar-refractivity contribution in [1.29, 1.82) is 0 Å². The molecule has 0 aromatic heterocycles. The fourth-order valence-corrected chi connectivity index (χ4v) is 2.37. The maximum absolute atomic E-state index is 11.9. The van der Waals surface area contributed by atoms with Crippen molar-refractivity contribution in [3.8, 4) is 0 Å². The van der Waals surface area contributed by atoms with Gasteiger partial charge in [0.1, 0.15) is 0 Å². The molecule has 1 rings (SSSR count). The third-order valence-corrected chi connectivity index (χ3v) is 3.40. The molecule has 0 spiro atoms. The van der Waals surface area contributed by atoms with Crippen LogP contribution < -0.4 is 5.32 Å². The first-order chi connectivity index (χ1) is 8.65. The van der Waals surface area contributed by atoms with Gasteiger partial charge >= 0.3 is 0 Å². The molecule has 0 fully saturated rings. The van der Waals surface area contributed by atoms with Gasteiger partial charge in [-0.25, -0.2) is 0 Å². The molecule has 0 saturated heterocycles. The summed E-state index contributed by atoms with van der Waals surface area (Å²) in [6.07, 6.45) is 3.85. The summed E-state index contributed by atoms with van der Waals surface area (Å²) in [5.41, 5.74) is 1.80. The van der Waals surface area contributed by atoms with Crippen molar-refractivity contribution in [2.75, 3.05) is 13.2 Å². The Kier molecular flexibility index (Phi) is 6.98. The number of amides is 1. The summed E-state index contributed by atoms with van der Waals surface area (Å²) in [6.45, 7) is 2.93. The summed E-state index contributed by atoms with van der Waals surface area (Å²) in [7, 11) is 0. The second-order valence-electron chi connectivity index (χ2n) is 4.38. The summed E-state index contributed by atoms with van der Waals surface area (Å²) in [5.74, 6) is -0.0379. The summed E-state index contributed by atoms with van der Waals surface area (Å²) >= 11 is 3.40. The highest BCUT2D eigenvalue weighted by Crippen LogP contribution is 2.18. The highest BCUT2D eigenvalue weighted by Gasteiger charge is 2.08. The van der Waals surface area contributed by atoms with E-state index in [9.17, 15) is 4.79 Å². The molecule has 100 valence electrons. The number of aliphatic hydroxyl groups excluding tert-OH is 1. The van der Waals surface area contributed by atoms with Crippen molar-refractivity contribution in [2.45, 2.75) is 32.6 Å².